The van der Waals surface area contributed by atoms with Gasteiger partial charge in [-0.3, -0.25) is 9.78 Å². The van der Waals surface area contributed by atoms with Crippen LogP contribution in [0, 0.1) is 0 Å². The summed E-state index contributed by atoms with van der Waals surface area (Å²) in [6.45, 7) is 1.71. The minimum absolute atomic E-state index is 0.157. The molecule has 6 nitrogen and oxygen atoms in total. The number of methoxy groups -OCH3 is 1. The van der Waals surface area contributed by atoms with Gasteiger partial charge in [0.15, 0.2) is 5.78 Å². The molecule has 1 atom stereocenters. The van der Waals surface area contributed by atoms with Crippen LogP contribution in [0.15, 0.2) is 60.6 Å². The Bertz CT molecular complexity index is 755. The van der Waals surface area contributed by atoms with E-state index in [1.54, 1.807) is 49.5 Å². The first-order chi connectivity index (χ1) is 12.0. The highest BCUT2D eigenvalue weighted by Gasteiger charge is 2.20. The molecule has 6 heteroatoms. The number of benzene rings is 1. The van der Waals surface area contributed by atoms with Gasteiger partial charge in [-0.1, -0.05) is 12.1 Å². The van der Waals surface area contributed by atoms with E-state index < -0.39 is 12.0 Å². The van der Waals surface area contributed by atoms with E-state index in [0.29, 0.717) is 17.7 Å². The molecule has 0 aliphatic carbocycles. The zero-order valence-electron chi connectivity index (χ0n) is 14.1. The maximum atomic E-state index is 12.2. The molecule has 0 saturated carbocycles. The monoisotopic (exact) mass is 340 g/mol. The van der Waals surface area contributed by atoms with Gasteiger partial charge in [0, 0.05) is 36.2 Å². The van der Waals surface area contributed by atoms with Gasteiger partial charge in [0.1, 0.15) is 11.8 Å². The Morgan fingerprint density at radius 1 is 1.28 bits per heavy atom. The first-order valence-electron chi connectivity index (χ1n) is 7.74. The fourth-order valence-electron chi connectivity index (χ4n) is 2.31. The van der Waals surface area contributed by atoms with Gasteiger partial charge in [-0.2, -0.15) is 0 Å². The number of esters is 1. The summed E-state index contributed by atoms with van der Waals surface area (Å²) in [5.74, 6) is -0.481. The van der Waals surface area contributed by atoms with E-state index in [2.05, 4.69) is 10.3 Å². The lowest BCUT2D eigenvalue weighted by Crippen LogP contribution is -2.38. The summed E-state index contributed by atoms with van der Waals surface area (Å²) in [4.78, 5) is 28.1. The number of aromatic nitrogens is 1. The van der Waals surface area contributed by atoms with Crippen molar-refractivity contribution in [2.24, 2.45) is 0 Å². The number of nitrogens with zero attached hydrogens (tertiary/aromatic N) is 1. The molecule has 0 saturated heterocycles. The summed E-state index contributed by atoms with van der Waals surface area (Å²) >= 11 is 0. The smallest absolute Gasteiger partial charge is 0.328 e. The second-order valence-electron chi connectivity index (χ2n) is 5.52. The number of pyridine rings is 1. The van der Waals surface area contributed by atoms with Crippen molar-refractivity contribution in [1.82, 2.24) is 10.3 Å². The third-order valence-corrected chi connectivity index (χ3v) is 3.56. The third-order valence-electron chi connectivity index (χ3n) is 3.56. The molecule has 0 aliphatic heterocycles. The summed E-state index contributed by atoms with van der Waals surface area (Å²) in [5, 5.41) is 12.4. The van der Waals surface area contributed by atoms with E-state index in [0.717, 1.165) is 5.56 Å². The van der Waals surface area contributed by atoms with Crippen molar-refractivity contribution in [3.8, 4) is 5.75 Å². The molecule has 130 valence electrons. The molecule has 0 aliphatic rings. The zero-order chi connectivity index (χ0) is 18.2. The first kappa shape index (κ1) is 18.2. The average molecular weight is 340 g/mol. The summed E-state index contributed by atoms with van der Waals surface area (Å²) in [6.07, 6.45) is 4.86. The van der Waals surface area contributed by atoms with Crippen LogP contribution in [0.25, 0.3) is 0 Å². The van der Waals surface area contributed by atoms with Gasteiger partial charge in [0.2, 0.25) is 0 Å². The summed E-state index contributed by atoms with van der Waals surface area (Å²) in [7, 11) is 1.31. The van der Waals surface area contributed by atoms with E-state index in [1.807, 2.05) is 0 Å². The number of phenols is 1. The summed E-state index contributed by atoms with van der Waals surface area (Å²) < 4.78 is 4.83. The summed E-state index contributed by atoms with van der Waals surface area (Å²) in [5.41, 5.74) is 1.87. The van der Waals surface area contributed by atoms with E-state index in [4.69, 9.17) is 4.74 Å². The minimum Gasteiger partial charge on any atom is -0.508 e. The number of rotatable bonds is 7. The number of carbonyl (C=O) groups is 2. The standard InChI is InChI=1S/C19H20N2O4/c1-13(10-18(23)15-4-3-9-20-12-15)21-17(19(24)25-2)11-14-5-7-16(22)8-6-14/h3-10,12,17,21-22H,11H2,1-2H3. The van der Waals surface area contributed by atoms with Crippen LogP contribution in [0.4, 0.5) is 0 Å². The Morgan fingerprint density at radius 2 is 2.00 bits per heavy atom. The molecule has 1 aromatic carbocycles. The Kier molecular flexibility index (Phi) is 6.28. The normalized spacial score (nSPS) is 12.3. The maximum Gasteiger partial charge on any atom is 0.328 e. The van der Waals surface area contributed by atoms with Crippen LogP contribution in [-0.4, -0.2) is 35.0 Å². The molecule has 0 spiro atoms. The largest absolute Gasteiger partial charge is 0.508 e. The lowest BCUT2D eigenvalue weighted by atomic mass is 10.1. The lowest BCUT2D eigenvalue weighted by Gasteiger charge is -2.18. The molecular formula is C19H20N2O4. The quantitative estimate of drug-likeness (QED) is 0.457. The number of phenolic OH excluding ortho intramolecular Hbond substituents is 1. The van der Waals surface area contributed by atoms with Gasteiger partial charge in [-0.25, -0.2) is 4.79 Å². The highest BCUT2D eigenvalue weighted by Crippen LogP contribution is 2.12. The van der Waals surface area contributed by atoms with Crippen molar-refractivity contribution in [2.45, 2.75) is 19.4 Å². The number of ether oxygens (including phenoxy) is 1. The maximum absolute atomic E-state index is 12.2. The van der Waals surface area contributed by atoms with Crippen molar-refractivity contribution in [2.75, 3.05) is 7.11 Å². The van der Waals surface area contributed by atoms with Gasteiger partial charge in [-0.15, -0.1) is 0 Å². The predicted molar refractivity (Wildman–Crippen MR) is 93.1 cm³/mol. The second kappa shape index (κ2) is 8.63. The van der Waals surface area contributed by atoms with Gasteiger partial charge in [0.05, 0.1) is 7.11 Å². The van der Waals surface area contributed by atoms with Crippen molar-refractivity contribution in [3.63, 3.8) is 0 Å². The van der Waals surface area contributed by atoms with E-state index >= 15 is 0 Å². The molecular weight excluding hydrogens is 320 g/mol. The van der Waals surface area contributed by atoms with E-state index in [9.17, 15) is 14.7 Å². The highest BCUT2D eigenvalue weighted by atomic mass is 16.5. The zero-order valence-corrected chi connectivity index (χ0v) is 14.1. The topological polar surface area (TPSA) is 88.5 Å². The SMILES string of the molecule is COC(=O)C(Cc1ccc(O)cc1)NC(C)=CC(=O)c1cccnc1. The first-order valence-corrected chi connectivity index (χ1v) is 7.74. The molecule has 1 unspecified atom stereocenters. The molecule has 0 fully saturated rings. The number of hydrogen-bond acceptors (Lipinski definition) is 6. The predicted octanol–water partition coefficient (Wildman–Crippen LogP) is 2.25. The molecule has 0 amide bonds. The average Bonchev–Trinajstić information content (AvgIpc) is 2.63. The van der Waals surface area contributed by atoms with E-state index in [1.165, 1.54) is 19.4 Å². The minimum atomic E-state index is -0.646. The molecule has 1 aromatic heterocycles. The number of hydrogen-bond donors (Lipinski definition) is 2. The Morgan fingerprint density at radius 3 is 2.60 bits per heavy atom. The number of ketones is 1. The molecule has 1 heterocycles. The van der Waals surface area contributed by atoms with Crippen molar-refractivity contribution in [3.05, 3.63) is 71.7 Å². The lowest BCUT2D eigenvalue weighted by molar-refractivity contribution is -0.142. The van der Waals surface area contributed by atoms with Gasteiger partial charge < -0.3 is 15.2 Å². The van der Waals surface area contributed by atoms with Crippen molar-refractivity contribution >= 4 is 11.8 Å². The van der Waals surface area contributed by atoms with Crippen molar-refractivity contribution in [1.29, 1.82) is 0 Å². The second-order valence-corrected chi connectivity index (χ2v) is 5.52. The molecule has 0 bridgehead atoms. The molecule has 25 heavy (non-hydrogen) atoms. The number of carbonyl (C=O) groups excluding carboxylic acids is 2. The Labute approximate surface area is 146 Å². The van der Waals surface area contributed by atoms with Gasteiger partial charge in [-0.05, 0) is 36.8 Å². The Balaban J connectivity index is 2.10. The molecule has 2 aromatic rings. The van der Waals surface area contributed by atoms with Crippen molar-refractivity contribution < 1.29 is 19.4 Å². The third kappa shape index (κ3) is 5.46. The van der Waals surface area contributed by atoms with E-state index in [-0.39, 0.29) is 11.5 Å². The molecule has 2 N–H and O–H groups in total. The highest BCUT2D eigenvalue weighted by molar-refractivity contribution is 6.04. The molecule has 2 rings (SSSR count). The number of allylic oxidation sites excluding steroid dienone is 2. The van der Waals surface area contributed by atoms with Crippen LogP contribution < -0.4 is 5.32 Å². The summed E-state index contributed by atoms with van der Waals surface area (Å²) in [6, 6.07) is 9.28. The molecule has 0 radical (unpaired) electrons. The fourth-order valence-corrected chi connectivity index (χ4v) is 2.31. The van der Waals surface area contributed by atoms with Gasteiger partial charge in [0.25, 0.3) is 0 Å². The van der Waals surface area contributed by atoms with Gasteiger partial charge >= 0.3 is 5.97 Å². The van der Waals surface area contributed by atoms with Crippen LogP contribution in [0.2, 0.25) is 0 Å². The Hall–Kier alpha value is -3.15. The van der Waals surface area contributed by atoms with Crippen LogP contribution in [-0.2, 0) is 16.0 Å². The fraction of sp³-hybridized carbons (Fsp3) is 0.211. The number of nitrogens with one attached hydrogen (secondary N) is 1. The van der Waals surface area contributed by atoms with Crippen LogP contribution in [0.3, 0.4) is 0 Å². The van der Waals surface area contributed by atoms with Crippen LogP contribution in [0.1, 0.15) is 22.8 Å². The van der Waals surface area contributed by atoms with Crippen LogP contribution in [0.5, 0.6) is 5.75 Å². The number of aromatic hydroxyl groups is 1. The van der Waals surface area contributed by atoms with Crippen LogP contribution >= 0.6 is 0 Å².